The van der Waals surface area contributed by atoms with E-state index >= 15 is 0 Å². The number of rotatable bonds is 5. The molecule has 2 aliphatic carbocycles. The van der Waals surface area contributed by atoms with E-state index in [-0.39, 0.29) is 0 Å². The Kier molecular flexibility index (Phi) is 5.58. The number of hydrogen-bond donors (Lipinski definition) is 1. The minimum absolute atomic E-state index is 0.448. The second kappa shape index (κ2) is 7.43. The number of ether oxygens (including phenoxy) is 2. The molecule has 0 aromatic rings. The molecular formula is C18H33NO2. The Morgan fingerprint density at radius 3 is 2.48 bits per heavy atom. The van der Waals surface area contributed by atoms with E-state index in [1.165, 1.54) is 51.4 Å². The van der Waals surface area contributed by atoms with E-state index in [0.717, 1.165) is 32.6 Å². The van der Waals surface area contributed by atoms with Crippen LogP contribution in [0, 0.1) is 5.41 Å². The molecular weight excluding hydrogens is 262 g/mol. The van der Waals surface area contributed by atoms with E-state index in [9.17, 15) is 0 Å². The third kappa shape index (κ3) is 3.46. The summed E-state index contributed by atoms with van der Waals surface area (Å²) in [5.41, 5.74) is 0.448. The molecule has 3 fully saturated rings. The van der Waals surface area contributed by atoms with Crippen LogP contribution in [0.5, 0.6) is 0 Å². The van der Waals surface area contributed by atoms with Crippen LogP contribution >= 0.6 is 0 Å². The highest BCUT2D eigenvalue weighted by atomic mass is 16.5. The molecule has 2 unspecified atom stereocenters. The first-order valence-corrected chi connectivity index (χ1v) is 9.32. The standard InChI is InChI=1S/C18H33NO2/c1-2-11-19-16-14-17(21-15-7-12-20-13-8-15)18(16)9-5-3-4-6-10-18/h15-17,19H,2-14H2,1H3. The van der Waals surface area contributed by atoms with Gasteiger partial charge in [0, 0.05) is 24.7 Å². The largest absolute Gasteiger partial charge is 0.381 e. The number of nitrogens with one attached hydrogen (secondary N) is 1. The average molecular weight is 295 g/mol. The Hall–Kier alpha value is -0.120. The minimum atomic E-state index is 0.448. The molecule has 3 aliphatic rings. The van der Waals surface area contributed by atoms with Gasteiger partial charge >= 0.3 is 0 Å². The quantitative estimate of drug-likeness (QED) is 0.839. The Morgan fingerprint density at radius 1 is 1.10 bits per heavy atom. The van der Waals surface area contributed by atoms with Crippen LogP contribution in [0.1, 0.15) is 71.1 Å². The Bertz CT molecular complexity index is 306. The van der Waals surface area contributed by atoms with E-state index < -0.39 is 0 Å². The molecule has 1 N–H and O–H groups in total. The molecule has 1 spiro atoms. The molecule has 3 rings (SSSR count). The van der Waals surface area contributed by atoms with Crippen molar-refractivity contribution in [2.24, 2.45) is 5.41 Å². The van der Waals surface area contributed by atoms with Crippen molar-refractivity contribution in [3.63, 3.8) is 0 Å². The summed E-state index contributed by atoms with van der Waals surface area (Å²) < 4.78 is 12.0. The topological polar surface area (TPSA) is 30.5 Å². The second-order valence-electron chi connectivity index (χ2n) is 7.33. The SMILES string of the molecule is CCCNC1CC(OC2CCOCC2)C12CCCCCC2. The summed E-state index contributed by atoms with van der Waals surface area (Å²) in [4.78, 5) is 0. The van der Waals surface area contributed by atoms with Crippen molar-refractivity contribution in [3.8, 4) is 0 Å². The predicted octanol–water partition coefficient (Wildman–Crippen LogP) is 3.66. The zero-order valence-corrected chi connectivity index (χ0v) is 13.7. The van der Waals surface area contributed by atoms with Crippen molar-refractivity contribution in [1.82, 2.24) is 5.32 Å². The van der Waals surface area contributed by atoms with Crippen molar-refractivity contribution >= 4 is 0 Å². The third-order valence-corrected chi connectivity index (χ3v) is 5.99. The highest BCUT2D eigenvalue weighted by molar-refractivity contribution is 5.08. The lowest BCUT2D eigenvalue weighted by Gasteiger charge is -2.57. The van der Waals surface area contributed by atoms with Crippen LogP contribution in [0.15, 0.2) is 0 Å². The fourth-order valence-electron chi connectivity index (χ4n) is 4.65. The summed E-state index contributed by atoms with van der Waals surface area (Å²) in [6, 6.07) is 0.709. The monoisotopic (exact) mass is 295 g/mol. The molecule has 3 nitrogen and oxygen atoms in total. The molecule has 122 valence electrons. The molecule has 0 bridgehead atoms. The van der Waals surface area contributed by atoms with Gasteiger partial charge in [-0.2, -0.15) is 0 Å². The fraction of sp³-hybridized carbons (Fsp3) is 1.00. The van der Waals surface area contributed by atoms with Gasteiger partial charge in [0.15, 0.2) is 0 Å². The van der Waals surface area contributed by atoms with Crippen LogP contribution in [-0.2, 0) is 9.47 Å². The predicted molar refractivity (Wildman–Crippen MR) is 85.5 cm³/mol. The van der Waals surface area contributed by atoms with Gasteiger partial charge in [-0.3, -0.25) is 0 Å². The van der Waals surface area contributed by atoms with Crippen molar-refractivity contribution < 1.29 is 9.47 Å². The van der Waals surface area contributed by atoms with E-state index in [4.69, 9.17) is 9.47 Å². The molecule has 1 saturated heterocycles. The molecule has 3 heteroatoms. The van der Waals surface area contributed by atoms with Gasteiger partial charge in [-0.05, 0) is 45.1 Å². The van der Waals surface area contributed by atoms with Crippen LogP contribution in [-0.4, -0.2) is 38.0 Å². The summed E-state index contributed by atoms with van der Waals surface area (Å²) >= 11 is 0. The van der Waals surface area contributed by atoms with E-state index in [0.29, 0.717) is 23.7 Å². The molecule has 1 aliphatic heterocycles. The van der Waals surface area contributed by atoms with Gasteiger partial charge < -0.3 is 14.8 Å². The Morgan fingerprint density at radius 2 is 1.81 bits per heavy atom. The summed E-state index contributed by atoms with van der Waals surface area (Å²) in [7, 11) is 0. The van der Waals surface area contributed by atoms with Crippen LogP contribution in [0.2, 0.25) is 0 Å². The first-order chi connectivity index (χ1) is 10.3. The lowest BCUT2D eigenvalue weighted by Crippen LogP contribution is -2.64. The van der Waals surface area contributed by atoms with Crippen molar-refractivity contribution in [2.75, 3.05) is 19.8 Å². The zero-order valence-electron chi connectivity index (χ0n) is 13.7. The molecule has 0 radical (unpaired) electrons. The van der Waals surface area contributed by atoms with Gasteiger partial charge in [-0.15, -0.1) is 0 Å². The Balaban J connectivity index is 1.62. The maximum atomic E-state index is 6.57. The average Bonchev–Trinajstić information content (AvgIpc) is 2.79. The van der Waals surface area contributed by atoms with E-state index in [1.807, 2.05) is 0 Å². The Labute approximate surface area is 130 Å². The molecule has 0 aromatic heterocycles. The fourth-order valence-corrected chi connectivity index (χ4v) is 4.65. The van der Waals surface area contributed by atoms with Crippen molar-refractivity contribution in [2.45, 2.75) is 89.4 Å². The molecule has 2 saturated carbocycles. The lowest BCUT2D eigenvalue weighted by molar-refractivity contribution is -0.183. The maximum absolute atomic E-state index is 6.57. The first-order valence-electron chi connectivity index (χ1n) is 9.32. The third-order valence-electron chi connectivity index (χ3n) is 5.99. The zero-order chi connectivity index (χ0) is 14.5. The number of hydrogen-bond acceptors (Lipinski definition) is 3. The van der Waals surface area contributed by atoms with Crippen LogP contribution in [0.3, 0.4) is 0 Å². The van der Waals surface area contributed by atoms with Crippen molar-refractivity contribution in [3.05, 3.63) is 0 Å². The molecule has 0 aromatic carbocycles. The molecule has 2 atom stereocenters. The van der Waals surface area contributed by atoms with Gasteiger partial charge in [0.2, 0.25) is 0 Å². The molecule has 0 amide bonds. The van der Waals surface area contributed by atoms with Crippen LogP contribution < -0.4 is 5.32 Å². The van der Waals surface area contributed by atoms with Crippen molar-refractivity contribution in [1.29, 1.82) is 0 Å². The van der Waals surface area contributed by atoms with Gasteiger partial charge in [0.05, 0.1) is 12.2 Å². The van der Waals surface area contributed by atoms with Crippen LogP contribution in [0.4, 0.5) is 0 Å². The first kappa shape index (κ1) is 15.8. The van der Waals surface area contributed by atoms with Gasteiger partial charge in [-0.1, -0.05) is 32.6 Å². The van der Waals surface area contributed by atoms with Gasteiger partial charge in [-0.25, -0.2) is 0 Å². The van der Waals surface area contributed by atoms with E-state index in [1.54, 1.807) is 0 Å². The van der Waals surface area contributed by atoms with Gasteiger partial charge in [0.1, 0.15) is 0 Å². The van der Waals surface area contributed by atoms with E-state index in [2.05, 4.69) is 12.2 Å². The summed E-state index contributed by atoms with van der Waals surface area (Å²) in [5, 5.41) is 3.82. The lowest BCUT2D eigenvalue weighted by atomic mass is 9.57. The molecule has 1 heterocycles. The summed E-state index contributed by atoms with van der Waals surface area (Å²) in [5.74, 6) is 0. The molecule has 21 heavy (non-hydrogen) atoms. The smallest absolute Gasteiger partial charge is 0.0665 e. The normalized spacial score (nSPS) is 33.6. The highest BCUT2D eigenvalue weighted by Crippen LogP contribution is 2.53. The maximum Gasteiger partial charge on any atom is 0.0665 e. The van der Waals surface area contributed by atoms with Gasteiger partial charge in [0.25, 0.3) is 0 Å². The summed E-state index contributed by atoms with van der Waals surface area (Å²) in [6.07, 6.45) is 14.0. The summed E-state index contributed by atoms with van der Waals surface area (Å²) in [6.45, 7) is 5.21. The van der Waals surface area contributed by atoms with Crippen LogP contribution in [0.25, 0.3) is 0 Å². The highest BCUT2D eigenvalue weighted by Gasteiger charge is 2.55. The second-order valence-corrected chi connectivity index (χ2v) is 7.33. The minimum Gasteiger partial charge on any atom is -0.381 e.